The smallest absolute Gasteiger partial charge is 0.329 e. The Labute approximate surface area is 393 Å². The van der Waals surface area contributed by atoms with Crippen LogP contribution in [0.25, 0.3) is 30.3 Å². The van der Waals surface area contributed by atoms with Gasteiger partial charge in [0.05, 0.1) is 44.7 Å². The second-order valence-electron chi connectivity index (χ2n) is 15.9. The summed E-state index contributed by atoms with van der Waals surface area (Å²) in [4.78, 5) is 26.0. The molecule has 0 aliphatic carbocycles. The van der Waals surface area contributed by atoms with Gasteiger partial charge >= 0.3 is 5.97 Å². The molecule has 3 aromatic heterocycles. The van der Waals surface area contributed by atoms with Gasteiger partial charge in [-0.2, -0.15) is 0 Å². The van der Waals surface area contributed by atoms with Crippen molar-refractivity contribution in [2.45, 2.75) is 56.8 Å². The zero-order valence-electron chi connectivity index (χ0n) is 36.2. The number of carboxylic acid groups (broad SMARTS) is 1. The molecule has 3 aliphatic rings. The van der Waals surface area contributed by atoms with Gasteiger partial charge in [0.1, 0.15) is 13.2 Å². The average molecular weight is 957 g/mol. The Morgan fingerprint density at radius 3 is 1.53 bits per heavy atom. The molecule has 3 aromatic carbocycles. The Bertz CT molecular complexity index is 2280. The summed E-state index contributed by atoms with van der Waals surface area (Å²) in [5, 5.41) is 49.1. The maximum Gasteiger partial charge on any atom is 0.329 e. The van der Waals surface area contributed by atoms with Gasteiger partial charge in [0.25, 0.3) is 0 Å². The molecule has 0 radical (unpaired) electrons. The number of fused-ring (bicyclic) bond motifs is 3. The summed E-state index contributed by atoms with van der Waals surface area (Å²) in [5.41, 5.74) is 3.76. The van der Waals surface area contributed by atoms with E-state index in [1.165, 1.54) is 46.9 Å². The van der Waals surface area contributed by atoms with Crippen molar-refractivity contribution >= 4 is 88.6 Å². The number of halogens is 1. The van der Waals surface area contributed by atoms with Crippen molar-refractivity contribution in [2.24, 2.45) is 0 Å². The zero-order chi connectivity index (χ0) is 44.2. The summed E-state index contributed by atoms with van der Waals surface area (Å²) in [6.07, 6.45) is 4.47. The summed E-state index contributed by atoms with van der Waals surface area (Å²) >= 11 is 5.24. The van der Waals surface area contributed by atoms with Gasteiger partial charge in [-0.05, 0) is 130 Å². The molecule has 3 atom stereocenters. The van der Waals surface area contributed by atoms with Crippen LogP contribution < -0.4 is 5.32 Å². The van der Waals surface area contributed by atoms with Crippen LogP contribution >= 0.6 is 46.4 Å². The number of likely N-dealkylation sites (tertiary alicyclic amines) is 2. The standard InChI is InChI=1S/C16H19NO3S.C16H21NO2S.C12H12O3S.C4H9NO.ClH/c18-14-3-6-17(10-14)16(19)11-20-7-4-12-1-2-13-5-8-21-15(13)9-12;18-15-3-6-17(12-15)7-9-19-8-4-13-1-2-14-5-10-20-16(14)11-13;13-12(14)8-15-5-3-9-1-2-10-4-6-16-11(10)7-9;6-4-1-2-5-3-4;/h1-2,5,8-9,14,18H,3-4,6-7,10-11H2;1-2,5,10-11,15,18H,3-4,6-9,12H2;1-2,4,6-7H,3,5,8H2,(H,13,14);4-6H,1-3H2;1H/t14-;15-;;4-;/m11.1./s1. The molecule has 9 rings (SSSR count). The first-order chi connectivity index (χ1) is 30.7. The number of carbonyl (C=O) groups is 2. The molecule has 64 heavy (non-hydrogen) atoms. The van der Waals surface area contributed by atoms with Crippen LogP contribution in [-0.4, -0.2) is 146 Å². The van der Waals surface area contributed by atoms with E-state index in [1.807, 2.05) is 0 Å². The largest absolute Gasteiger partial charge is 0.480 e. The van der Waals surface area contributed by atoms with Crippen molar-refractivity contribution in [1.29, 1.82) is 0 Å². The molecule has 6 aromatic rings. The third kappa shape index (κ3) is 17.7. The Morgan fingerprint density at radius 2 is 1.11 bits per heavy atom. The molecule has 348 valence electrons. The molecule has 6 heterocycles. The number of aliphatic hydroxyl groups is 3. The predicted molar refractivity (Wildman–Crippen MR) is 262 cm³/mol. The first-order valence-electron chi connectivity index (χ1n) is 21.8. The van der Waals surface area contributed by atoms with Gasteiger partial charge in [-0.1, -0.05) is 36.4 Å². The number of nitrogens with zero attached hydrogens (tertiary/aromatic N) is 2. The topological polar surface area (TPSA) is 161 Å². The number of aliphatic hydroxyl groups excluding tert-OH is 3. The van der Waals surface area contributed by atoms with Crippen molar-refractivity contribution in [3.05, 3.63) is 106 Å². The van der Waals surface area contributed by atoms with Crippen LogP contribution in [0.2, 0.25) is 0 Å². The van der Waals surface area contributed by atoms with Crippen molar-refractivity contribution in [3.8, 4) is 0 Å². The lowest BCUT2D eigenvalue weighted by molar-refractivity contribution is -0.142. The van der Waals surface area contributed by atoms with Crippen LogP contribution in [0.15, 0.2) is 88.9 Å². The molecule has 1 amide bonds. The lowest BCUT2D eigenvalue weighted by Crippen LogP contribution is -2.32. The van der Waals surface area contributed by atoms with E-state index >= 15 is 0 Å². The number of benzene rings is 3. The SMILES string of the molecule is Cl.O=C(COCCc1ccc2ccsc2c1)N1CC[C@@H](O)C1.O=C(O)COCCc1ccc2ccsc2c1.O[C@@H]1CCN(CCOCCc2ccc3ccsc3c2)C1.O[C@@H]1CCNC1. The predicted octanol–water partition coefficient (Wildman–Crippen LogP) is 6.89. The molecule has 3 aliphatic heterocycles. The number of rotatable bonds is 16. The Morgan fingerprint density at radius 1 is 0.609 bits per heavy atom. The van der Waals surface area contributed by atoms with Crippen LogP contribution in [0, 0.1) is 0 Å². The van der Waals surface area contributed by atoms with Crippen molar-refractivity contribution in [2.75, 3.05) is 85.5 Å². The number of aliphatic carboxylic acids is 1. The number of carbonyl (C=O) groups excluding carboxylic acids is 1. The van der Waals surface area contributed by atoms with E-state index in [2.05, 4.69) is 99.2 Å². The fourth-order valence-corrected chi connectivity index (χ4v) is 9.92. The Balaban J connectivity index is 0.000000169. The maximum atomic E-state index is 11.8. The fraction of sp³-hybridized carbons (Fsp3) is 0.458. The van der Waals surface area contributed by atoms with Gasteiger partial charge < -0.3 is 44.9 Å². The summed E-state index contributed by atoms with van der Waals surface area (Å²) < 4.78 is 20.1. The molecule has 16 heteroatoms. The van der Waals surface area contributed by atoms with Crippen LogP contribution in [-0.2, 0) is 43.1 Å². The molecule has 0 unspecified atom stereocenters. The lowest BCUT2D eigenvalue weighted by atomic mass is 10.1. The van der Waals surface area contributed by atoms with Crippen LogP contribution in [0.5, 0.6) is 0 Å². The number of amides is 1. The number of hydrogen-bond donors (Lipinski definition) is 5. The fourth-order valence-electron chi connectivity index (χ4n) is 7.36. The molecule has 12 nitrogen and oxygen atoms in total. The first-order valence-corrected chi connectivity index (χ1v) is 24.4. The highest BCUT2D eigenvalue weighted by Gasteiger charge is 2.24. The summed E-state index contributed by atoms with van der Waals surface area (Å²) in [7, 11) is 0. The number of ether oxygens (including phenoxy) is 3. The van der Waals surface area contributed by atoms with Crippen molar-refractivity contribution in [3.63, 3.8) is 0 Å². The van der Waals surface area contributed by atoms with Gasteiger partial charge in [0, 0.05) is 53.4 Å². The van der Waals surface area contributed by atoms with Gasteiger partial charge in [0.15, 0.2) is 0 Å². The van der Waals surface area contributed by atoms with Gasteiger partial charge in [-0.3, -0.25) is 9.69 Å². The second kappa shape index (κ2) is 27.8. The van der Waals surface area contributed by atoms with E-state index in [0.717, 1.165) is 78.0 Å². The molecular formula is C48H62ClN3O9S3. The Kier molecular flexibility index (Phi) is 22.4. The minimum Gasteiger partial charge on any atom is -0.480 e. The van der Waals surface area contributed by atoms with Crippen LogP contribution in [0.4, 0.5) is 0 Å². The third-order valence-electron chi connectivity index (χ3n) is 11.0. The number of carboxylic acids is 1. The van der Waals surface area contributed by atoms with Gasteiger partial charge in [0.2, 0.25) is 5.91 Å². The van der Waals surface area contributed by atoms with Gasteiger partial charge in [-0.25, -0.2) is 4.79 Å². The number of β-amino-alcohol motifs (C(OH)–C–C–N with tert-alkyl or cyclic N) is 3. The zero-order valence-corrected chi connectivity index (χ0v) is 39.5. The Hall–Kier alpha value is -3.55. The maximum absolute atomic E-state index is 11.8. The number of hydrogen-bond acceptors (Lipinski definition) is 13. The van der Waals surface area contributed by atoms with E-state index in [4.69, 9.17) is 24.4 Å². The molecule has 0 saturated carbocycles. The number of nitrogens with one attached hydrogen (secondary N) is 1. The highest BCUT2D eigenvalue weighted by Crippen LogP contribution is 2.24. The lowest BCUT2D eigenvalue weighted by Gasteiger charge is -2.15. The minimum atomic E-state index is -0.922. The third-order valence-corrected chi connectivity index (χ3v) is 13.6. The summed E-state index contributed by atoms with van der Waals surface area (Å²) in [5.74, 6) is -0.950. The highest BCUT2D eigenvalue weighted by atomic mass is 35.5. The monoisotopic (exact) mass is 955 g/mol. The highest BCUT2D eigenvalue weighted by molar-refractivity contribution is 7.17. The average Bonchev–Trinajstić information content (AvgIpc) is 4.15. The van der Waals surface area contributed by atoms with E-state index in [9.17, 15) is 19.8 Å². The molecule has 3 saturated heterocycles. The normalized spacial score (nSPS) is 18.2. The van der Waals surface area contributed by atoms with Crippen molar-refractivity contribution in [1.82, 2.24) is 15.1 Å². The molecule has 3 fully saturated rings. The molecule has 0 bridgehead atoms. The molecule has 0 spiro atoms. The van der Waals surface area contributed by atoms with Gasteiger partial charge in [-0.15, -0.1) is 46.4 Å². The second-order valence-corrected chi connectivity index (χ2v) is 18.8. The van der Waals surface area contributed by atoms with Crippen molar-refractivity contribution < 1.29 is 44.2 Å². The first kappa shape index (κ1) is 51.4. The quantitative estimate of drug-likeness (QED) is 0.0644. The van der Waals surface area contributed by atoms with E-state index < -0.39 is 5.97 Å². The summed E-state index contributed by atoms with van der Waals surface area (Å²) in [6, 6.07) is 25.7. The van der Waals surface area contributed by atoms with E-state index in [-0.39, 0.29) is 49.8 Å². The van der Waals surface area contributed by atoms with E-state index in [1.54, 1.807) is 38.9 Å². The molecular weight excluding hydrogens is 894 g/mol. The minimum absolute atomic E-state index is 0. The van der Waals surface area contributed by atoms with E-state index in [0.29, 0.717) is 32.7 Å². The number of thiophene rings is 3. The summed E-state index contributed by atoms with van der Waals surface area (Å²) in [6.45, 7) is 7.99. The molecule has 5 N–H and O–H groups in total. The van der Waals surface area contributed by atoms with Crippen LogP contribution in [0.1, 0.15) is 36.0 Å². The van der Waals surface area contributed by atoms with Crippen LogP contribution in [0.3, 0.4) is 0 Å².